The van der Waals surface area contributed by atoms with E-state index in [9.17, 15) is 0 Å². The predicted molar refractivity (Wildman–Crippen MR) is 27.6 cm³/mol. The summed E-state index contributed by atoms with van der Waals surface area (Å²) in [5.41, 5.74) is 0. The molecule has 0 aromatic heterocycles. The number of hydrogen-bond acceptors (Lipinski definition) is 2. The fourth-order valence-corrected chi connectivity index (χ4v) is 0.112. The zero-order valence-electron chi connectivity index (χ0n) is 3.31. The van der Waals surface area contributed by atoms with Crippen molar-refractivity contribution in [1.82, 2.24) is 0 Å². The van der Waals surface area contributed by atoms with Gasteiger partial charge in [-0.2, -0.15) is 10.5 Å². The zero-order valence-corrected chi connectivity index (χ0v) is 3.31. The van der Waals surface area contributed by atoms with Crippen molar-refractivity contribution in [2.45, 2.75) is 12.8 Å². The molecule has 2 nitrogen and oxygen atoms in total. The monoisotopic (exact) mass is 88.1 g/mol. The predicted octanol–water partition coefficient (Wildman–Crippen LogP) is 0.165. The van der Waals surface area contributed by atoms with Gasteiger partial charge in [-0.3, -0.25) is 0 Å². The van der Waals surface area contributed by atoms with E-state index < -0.39 is 0 Å². The Labute approximate surface area is 54.9 Å². The van der Waals surface area contributed by atoms with Crippen molar-refractivity contribution in [3.05, 3.63) is 0 Å². The molecule has 0 heterocycles. The summed E-state index contributed by atoms with van der Waals surface area (Å²) < 4.78 is 0. The Morgan fingerprint density at radius 3 is 1.43 bits per heavy atom. The van der Waals surface area contributed by atoms with Crippen LogP contribution in [0.4, 0.5) is 0 Å². The average Bonchev–Trinajstić information content (AvgIpc) is 1.61. The number of nitrogens with zero attached hydrogens (tertiary/aromatic N) is 2. The Hall–Kier alpha value is -0.423. The molecular weight excluding hydrogens is 83.0 g/mol. The molecule has 7 heavy (non-hydrogen) atoms. The Balaban J connectivity index is 0. The molecule has 32 valence electrons. The van der Waals surface area contributed by atoms with Crippen LogP contribution < -0.4 is 0 Å². The first kappa shape index (κ1) is 9.77. The summed E-state index contributed by atoms with van der Waals surface area (Å²) in [6, 6.07) is 3.69. The molecule has 3 heteroatoms. The van der Waals surface area contributed by atoms with Crippen LogP contribution in [-0.2, 0) is 0 Å². The molecule has 0 saturated heterocycles. The third-order valence-corrected chi connectivity index (χ3v) is 0.349. The third kappa shape index (κ3) is 10.7. The van der Waals surface area contributed by atoms with Gasteiger partial charge in [-0.1, -0.05) is 0 Å². The van der Waals surface area contributed by atoms with Gasteiger partial charge < -0.3 is 0 Å². The molecule has 0 atom stereocenters. The van der Waals surface area contributed by atoms with E-state index in [1.54, 1.807) is 0 Å². The standard InChI is InChI=1S/C4H4N2.Li.H/c5-3-1-2-4-6;;/h1-2H2;;. The number of rotatable bonds is 1. The van der Waals surface area contributed by atoms with Crippen molar-refractivity contribution in [2.75, 3.05) is 0 Å². The molecule has 0 aromatic carbocycles. The fourth-order valence-electron chi connectivity index (χ4n) is 0.112. The van der Waals surface area contributed by atoms with Crippen LogP contribution in [0.2, 0.25) is 0 Å². The van der Waals surface area contributed by atoms with Crippen LogP contribution >= 0.6 is 0 Å². The molecule has 0 aliphatic heterocycles. The van der Waals surface area contributed by atoms with Gasteiger partial charge in [-0.05, 0) is 0 Å². The molecule has 0 radical (unpaired) electrons. The van der Waals surface area contributed by atoms with Gasteiger partial charge >= 0.3 is 18.9 Å². The third-order valence-electron chi connectivity index (χ3n) is 0.349. The van der Waals surface area contributed by atoms with Gasteiger partial charge in [0.2, 0.25) is 0 Å². The zero-order chi connectivity index (χ0) is 4.83. The second kappa shape index (κ2) is 9.13. The molecule has 0 aliphatic carbocycles. The van der Waals surface area contributed by atoms with E-state index in [4.69, 9.17) is 10.5 Å². The van der Waals surface area contributed by atoms with Crippen LogP contribution in [0.3, 0.4) is 0 Å². The summed E-state index contributed by atoms with van der Waals surface area (Å²) in [5, 5.41) is 15.6. The number of hydrogen-bond donors (Lipinski definition) is 0. The Morgan fingerprint density at radius 2 is 1.29 bits per heavy atom. The second-order valence-corrected chi connectivity index (χ2v) is 0.816. The summed E-state index contributed by atoms with van der Waals surface area (Å²) in [4.78, 5) is 0. The van der Waals surface area contributed by atoms with Crippen LogP contribution in [0.1, 0.15) is 12.8 Å². The van der Waals surface area contributed by atoms with Crippen molar-refractivity contribution in [3.63, 3.8) is 0 Å². The Kier molecular flexibility index (Phi) is 12.7. The number of unbranched alkanes of at least 4 members (excludes halogenated alkanes) is 1. The first-order valence-corrected chi connectivity index (χ1v) is 1.65. The molecule has 0 aromatic rings. The molecule has 0 aliphatic rings. The summed E-state index contributed by atoms with van der Waals surface area (Å²) in [6.07, 6.45) is 0.715. The van der Waals surface area contributed by atoms with Gasteiger partial charge in [0, 0.05) is 12.8 Å². The van der Waals surface area contributed by atoms with E-state index in [2.05, 4.69) is 0 Å². The molecular formula is C4H5LiN2. The maximum absolute atomic E-state index is 7.80. The molecule has 0 saturated carbocycles. The fraction of sp³-hybridized carbons (Fsp3) is 0.500. The van der Waals surface area contributed by atoms with E-state index in [1.165, 1.54) is 0 Å². The minimum atomic E-state index is 0. The average molecular weight is 88.0 g/mol. The molecule has 0 N–H and O–H groups in total. The minimum absolute atomic E-state index is 0. The van der Waals surface area contributed by atoms with Crippen molar-refractivity contribution >= 4 is 18.9 Å². The molecule has 0 spiro atoms. The van der Waals surface area contributed by atoms with E-state index in [0.29, 0.717) is 12.8 Å². The maximum atomic E-state index is 7.80. The Morgan fingerprint density at radius 1 is 1.00 bits per heavy atom. The summed E-state index contributed by atoms with van der Waals surface area (Å²) in [7, 11) is 0. The molecule has 0 fully saturated rings. The van der Waals surface area contributed by atoms with Crippen LogP contribution in [-0.4, -0.2) is 18.9 Å². The Bertz CT molecular complexity index is 83.2. The molecule has 0 unspecified atom stereocenters. The topological polar surface area (TPSA) is 47.6 Å². The van der Waals surface area contributed by atoms with Crippen LogP contribution in [0, 0.1) is 22.7 Å². The van der Waals surface area contributed by atoms with Gasteiger partial charge in [-0.25, -0.2) is 0 Å². The van der Waals surface area contributed by atoms with Crippen molar-refractivity contribution in [3.8, 4) is 12.1 Å². The van der Waals surface area contributed by atoms with E-state index in [0.717, 1.165) is 0 Å². The first-order valence-electron chi connectivity index (χ1n) is 1.65. The normalized spacial score (nSPS) is 4.86. The summed E-state index contributed by atoms with van der Waals surface area (Å²) >= 11 is 0. The molecule has 0 amide bonds. The van der Waals surface area contributed by atoms with Gasteiger partial charge in [-0.15, -0.1) is 0 Å². The van der Waals surface area contributed by atoms with E-state index in [1.807, 2.05) is 12.1 Å². The van der Waals surface area contributed by atoms with Gasteiger partial charge in [0.15, 0.2) is 0 Å². The van der Waals surface area contributed by atoms with Crippen LogP contribution in [0.15, 0.2) is 0 Å². The quantitative estimate of drug-likeness (QED) is 0.338. The van der Waals surface area contributed by atoms with Crippen molar-refractivity contribution < 1.29 is 0 Å². The number of nitriles is 2. The SMILES string of the molecule is N#CCCC#N.[LiH]. The summed E-state index contributed by atoms with van der Waals surface area (Å²) in [5.74, 6) is 0. The van der Waals surface area contributed by atoms with Gasteiger partial charge in [0.25, 0.3) is 0 Å². The van der Waals surface area contributed by atoms with Crippen molar-refractivity contribution in [1.29, 1.82) is 10.5 Å². The molecule has 0 rings (SSSR count). The van der Waals surface area contributed by atoms with Crippen LogP contribution in [0.5, 0.6) is 0 Å². The first-order chi connectivity index (χ1) is 2.91. The van der Waals surface area contributed by atoms with Gasteiger partial charge in [0.05, 0.1) is 12.1 Å². The van der Waals surface area contributed by atoms with E-state index in [-0.39, 0.29) is 18.9 Å². The van der Waals surface area contributed by atoms with E-state index >= 15 is 0 Å². The second-order valence-electron chi connectivity index (χ2n) is 0.816. The van der Waals surface area contributed by atoms with Crippen LogP contribution in [0.25, 0.3) is 0 Å². The van der Waals surface area contributed by atoms with Crippen molar-refractivity contribution in [2.24, 2.45) is 0 Å². The molecule has 0 bridgehead atoms. The summed E-state index contributed by atoms with van der Waals surface area (Å²) in [6.45, 7) is 0. The van der Waals surface area contributed by atoms with Gasteiger partial charge in [0.1, 0.15) is 0 Å².